The first-order valence-corrected chi connectivity index (χ1v) is 23.1. The zero-order valence-electron chi connectivity index (χ0n) is 40.3. The Hall–Kier alpha value is -5.90. The van der Waals surface area contributed by atoms with Crippen molar-refractivity contribution in [1.29, 1.82) is 0 Å². The second-order valence-electron chi connectivity index (χ2n) is 19.0. The Morgan fingerprint density at radius 2 is 1.57 bits per heavy atom. The number of ketones is 1. The van der Waals surface area contributed by atoms with Crippen molar-refractivity contribution in [2.45, 2.75) is 131 Å². The maximum atomic E-state index is 14.6. The number of benzene rings is 3. The standard InChI is InChI=1S/C52H67N3O12/c1-26-16-15-17-27(2)51(63)54-42-37(25-53-55-28(3)22-36(23-29(55)4)24-35-18-13-12-14-19-35)46(60)39-40(47(42)61)45(59)33(8)49-41(39)50(62)52(10,67-49)65-21-20-38(64-11)30(5)48(66-34(9)56)32(7)44(58)31(6)43(26)57/h12-21,25-26,28-32,36,38,43-44,48,57-61H,22-24H2,1-11H3,(H,54,63)/t26-,28-,29+,30+,31-,32-,36?,38+,43-,44-,48+,52-/m0/s1. The van der Waals surface area contributed by atoms with Crippen molar-refractivity contribution < 1.29 is 58.9 Å². The summed E-state index contributed by atoms with van der Waals surface area (Å²) >= 11 is 0. The molecule has 6 N–H and O–H groups in total. The van der Waals surface area contributed by atoms with E-state index in [2.05, 4.69) is 31.3 Å². The lowest BCUT2D eigenvalue weighted by Gasteiger charge is -2.41. The summed E-state index contributed by atoms with van der Waals surface area (Å²) in [6, 6.07) is 10.2. The highest BCUT2D eigenvalue weighted by Gasteiger charge is 2.50. The van der Waals surface area contributed by atoms with E-state index >= 15 is 0 Å². The van der Waals surface area contributed by atoms with Crippen LogP contribution in [0.5, 0.6) is 23.0 Å². The molecule has 1 unspecified atom stereocenters. The number of nitrogens with one attached hydrogen (secondary N) is 1. The van der Waals surface area contributed by atoms with Crippen molar-refractivity contribution in [3.63, 3.8) is 0 Å². The number of methoxy groups -OCH3 is 1. The van der Waals surface area contributed by atoms with Crippen molar-refractivity contribution in [2.75, 3.05) is 12.4 Å². The van der Waals surface area contributed by atoms with Gasteiger partial charge in [0.1, 0.15) is 23.4 Å². The van der Waals surface area contributed by atoms with Crippen LogP contribution in [0.25, 0.3) is 10.8 Å². The monoisotopic (exact) mass is 925 g/mol. The predicted octanol–water partition coefficient (Wildman–Crippen LogP) is 7.82. The number of nitrogens with zero attached hydrogens (tertiary/aromatic N) is 2. The number of aliphatic hydroxyl groups excluding tert-OH is 2. The fourth-order valence-corrected chi connectivity index (χ4v) is 10.1. The summed E-state index contributed by atoms with van der Waals surface area (Å²) in [6.07, 6.45) is 7.51. The molecule has 0 saturated carbocycles. The number of carbonyl (C=O) groups is 3. The van der Waals surface area contributed by atoms with Crippen molar-refractivity contribution in [1.82, 2.24) is 5.01 Å². The maximum absolute atomic E-state index is 14.6. The number of amides is 1. The van der Waals surface area contributed by atoms with Crippen LogP contribution in [0.3, 0.4) is 0 Å². The van der Waals surface area contributed by atoms with Gasteiger partial charge in [-0.15, -0.1) is 0 Å². The highest BCUT2D eigenvalue weighted by Crippen LogP contribution is 2.55. The highest BCUT2D eigenvalue weighted by molar-refractivity contribution is 6.23. The Bertz CT molecular complexity index is 2450. The number of ether oxygens (including phenoxy) is 4. The fourth-order valence-electron chi connectivity index (χ4n) is 10.1. The van der Waals surface area contributed by atoms with E-state index in [4.69, 9.17) is 24.0 Å². The third-order valence-corrected chi connectivity index (χ3v) is 14.0. The van der Waals surface area contributed by atoms with Crippen molar-refractivity contribution >= 4 is 40.3 Å². The summed E-state index contributed by atoms with van der Waals surface area (Å²) < 4.78 is 23.8. The Morgan fingerprint density at radius 1 is 0.910 bits per heavy atom. The van der Waals surface area contributed by atoms with Crippen LogP contribution in [-0.2, 0) is 30.2 Å². The number of hydrazone groups is 1. The first-order valence-electron chi connectivity index (χ1n) is 23.1. The Kier molecular flexibility index (Phi) is 15.5. The van der Waals surface area contributed by atoms with Gasteiger partial charge >= 0.3 is 11.8 Å². The second kappa shape index (κ2) is 20.5. The third kappa shape index (κ3) is 10.2. The number of phenolic OH excluding ortho intramolecular Hbond substituents is 3. The number of piperidine rings is 1. The van der Waals surface area contributed by atoms with Crippen LogP contribution in [0.4, 0.5) is 5.69 Å². The number of phenols is 3. The molecule has 3 aromatic carbocycles. The highest BCUT2D eigenvalue weighted by atomic mass is 16.7. The van der Waals surface area contributed by atoms with Gasteiger partial charge in [-0.05, 0) is 64.5 Å². The number of hydrogen-bond acceptors (Lipinski definition) is 14. The van der Waals surface area contributed by atoms with E-state index < -0.39 is 88.8 Å². The molecule has 362 valence electrons. The number of anilines is 1. The van der Waals surface area contributed by atoms with Crippen molar-refractivity contribution in [2.24, 2.45) is 34.7 Å². The fraction of sp³-hybridized carbons (Fsp3) is 0.500. The van der Waals surface area contributed by atoms with Gasteiger partial charge in [0.2, 0.25) is 0 Å². The van der Waals surface area contributed by atoms with Gasteiger partial charge in [-0.1, -0.05) is 76.3 Å². The molecule has 15 nitrogen and oxygen atoms in total. The van der Waals surface area contributed by atoms with Gasteiger partial charge in [-0.3, -0.25) is 19.4 Å². The van der Waals surface area contributed by atoms with E-state index in [0.29, 0.717) is 5.92 Å². The van der Waals surface area contributed by atoms with E-state index in [9.17, 15) is 39.9 Å². The summed E-state index contributed by atoms with van der Waals surface area (Å²) in [5.74, 6) is -8.01. The number of Topliss-reactive ketones (excluding diaryl/α,β-unsaturated/α-hetero) is 1. The molecule has 7 rings (SSSR count). The lowest BCUT2D eigenvalue weighted by atomic mass is 9.78. The van der Waals surface area contributed by atoms with E-state index in [0.717, 1.165) is 19.3 Å². The van der Waals surface area contributed by atoms with Crippen molar-refractivity contribution in [3.8, 4) is 23.0 Å². The smallest absolute Gasteiger partial charge is 0.312 e. The van der Waals surface area contributed by atoms with Crippen LogP contribution in [-0.4, -0.2) is 104 Å². The molecule has 3 aromatic rings. The van der Waals surface area contributed by atoms with Crippen molar-refractivity contribution in [3.05, 3.63) is 88.7 Å². The van der Waals surface area contributed by atoms with Crippen LogP contribution < -0.4 is 10.1 Å². The number of hydrogen-bond donors (Lipinski definition) is 6. The maximum Gasteiger partial charge on any atom is 0.312 e. The first-order chi connectivity index (χ1) is 31.6. The van der Waals surface area contributed by atoms with Gasteiger partial charge < -0.3 is 49.8 Å². The minimum atomic E-state index is -2.06. The van der Waals surface area contributed by atoms with Crippen LogP contribution in [0.1, 0.15) is 102 Å². The third-order valence-electron chi connectivity index (χ3n) is 14.0. The summed E-state index contributed by atoms with van der Waals surface area (Å²) in [6.45, 7) is 16.7. The number of esters is 1. The van der Waals surface area contributed by atoms with Gasteiger partial charge in [0.25, 0.3) is 11.7 Å². The van der Waals surface area contributed by atoms with Gasteiger partial charge in [0.15, 0.2) is 5.75 Å². The summed E-state index contributed by atoms with van der Waals surface area (Å²) in [7, 11) is 1.44. The Labute approximate surface area is 392 Å². The molecule has 4 heterocycles. The second-order valence-corrected chi connectivity index (χ2v) is 19.0. The molecular weight excluding hydrogens is 859 g/mol. The Balaban J connectivity index is 1.49. The van der Waals surface area contributed by atoms with Crippen LogP contribution in [0.2, 0.25) is 0 Å². The number of carbonyl (C=O) groups excluding carboxylic acids is 3. The molecular formula is C52H67N3O12. The molecule has 1 fully saturated rings. The van der Waals surface area contributed by atoms with E-state index in [-0.39, 0.29) is 56.6 Å². The number of rotatable bonds is 6. The van der Waals surface area contributed by atoms with Gasteiger partial charge in [0, 0.05) is 73.2 Å². The number of aliphatic hydroxyl groups is 2. The summed E-state index contributed by atoms with van der Waals surface area (Å²) in [4.78, 5) is 41.1. The molecule has 67 heavy (non-hydrogen) atoms. The molecule has 1 amide bonds. The van der Waals surface area contributed by atoms with Crippen LogP contribution in [0, 0.1) is 36.5 Å². The summed E-state index contributed by atoms with van der Waals surface area (Å²) in [5, 5.41) is 68.3. The minimum Gasteiger partial charge on any atom is -0.507 e. The average Bonchev–Trinajstić information content (AvgIpc) is 3.55. The molecule has 4 aliphatic rings. The molecule has 0 spiro atoms. The molecule has 12 atom stereocenters. The molecule has 5 bridgehead atoms. The quantitative estimate of drug-likeness (QED) is 0.0603. The summed E-state index contributed by atoms with van der Waals surface area (Å²) in [5.41, 5.74) is 0.900. The van der Waals surface area contributed by atoms with Gasteiger partial charge in [-0.2, -0.15) is 5.10 Å². The molecule has 1 saturated heterocycles. The van der Waals surface area contributed by atoms with Crippen LogP contribution >= 0.6 is 0 Å². The molecule has 0 aliphatic carbocycles. The number of allylic oxidation sites excluding steroid dienone is 2. The minimum absolute atomic E-state index is 0.0328. The van der Waals surface area contributed by atoms with Crippen LogP contribution in [0.15, 0.2) is 71.6 Å². The SMILES string of the molecule is CO[C@@H]1C=CO[C@@]2(C)Oc3c(C)c(O)c4c(O)c(c(C=NN5[C@H](C)CC(Cc6ccccc6)C[C@@H]5C)c(O)c4c3C2=O)NC(=O)C(C)=CC=C[C@H](C)[C@H](O)[C@H](C)[C@H](O)[C@H](C)[C@H](OC(C)=O)[C@@H]1C. The van der Waals surface area contributed by atoms with E-state index in [1.807, 2.05) is 23.2 Å². The predicted molar refractivity (Wildman–Crippen MR) is 255 cm³/mol. The molecule has 4 aliphatic heterocycles. The van der Waals surface area contributed by atoms with E-state index in [1.54, 1.807) is 39.8 Å². The zero-order valence-corrected chi connectivity index (χ0v) is 40.3. The van der Waals surface area contributed by atoms with Gasteiger partial charge in [0.05, 0.1) is 53.0 Å². The molecule has 15 heteroatoms. The lowest BCUT2D eigenvalue weighted by Crippen LogP contribution is -2.46. The lowest BCUT2D eigenvalue weighted by molar-refractivity contribution is -0.160. The topological polar surface area (TPSA) is 217 Å². The number of aromatic hydroxyl groups is 3. The average molecular weight is 926 g/mol. The largest absolute Gasteiger partial charge is 0.507 e. The molecule has 0 radical (unpaired) electrons. The van der Waals surface area contributed by atoms with Gasteiger partial charge in [-0.25, -0.2) is 0 Å². The molecule has 0 aromatic heterocycles. The van der Waals surface area contributed by atoms with E-state index in [1.165, 1.54) is 65.0 Å². The normalized spacial score (nSPS) is 30.9. The zero-order chi connectivity index (χ0) is 49.2. The first kappa shape index (κ1) is 50.5. The Morgan fingerprint density at radius 3 is 2.19 bits per heavy atom. The number of fused-ring (bicyclic) bond motifs is 14.